The molecule has 2 heterocycles. The zero-order valence-electron chi connectivity index (χ0n) is 17.6. The van der Waals surface area contributed by atoms with E-state index < -0.39 is 0 Å². The van der Waals surface area contributed by atoms with E-state index in [0.29, 0.717) is 11.3 Å². The molecule has 6 nitrogen and oxygen atoms in total. The van der Waals surface area contributed by atoms with Gasteiger partial charge >= 0.3 is 0 Å². The predicted octanol–water partition coefficient (Wildman–Crippen LogP) is 3.39. The summed E-state index contributed by atoms with van der Waals surface area (Å²) in [5.74, 6) is 0.0635. The molecule has 2 aromatic rings. The first-order valence-corrected chi connectivity index (χ1v) is 10.5. The van der Waals surface area contributed by atoms with Crippen LogP contribution in [-0.4, -0.2) is 47.2 Å². The molecule has 1 aliphatic heterocycles. The van der Waals surface area contributed by atoms with Crippen molar-refractivity contribution in [1.82, 2.24) is 15.2 Å². The molecule has 1 aliphatic carbocycles. The molecule has 4 rings (SSSR count). The Hall–Kier alpha value is -2.60. The third kappa shape index (κ3) is 3.81. The number of fused-ring (bicyclic) bond motifs is 1. The number of nitrogens with one attached hydrogen (secondary N) is 3. The number of rotatable bonds is 3. The van der Waals surface area contributed by atoms with Crippen molar-refractivity contribution >= 4 is 22.5 Å². The molecule has 0 spiro atoms. The zero-order chi connectivity index (χ0) is 20.8. The molecule has 29 heavy (non-hydrogen) atoms. The van der Waals surface area contributed by atoms with Gasteiger partial charge in [-0.3, -0.25) is 10.2 Å². The molecule has 1 amide bonds. The molecule has 2 aliphatic rings. The van der Waals surface area contributed by atoms with Crippen molar-refractivity contribution in [3.8, 4) is 0 Å². The van der Waals surface area contributed by atoms with Crippen LogP contribution < -0.4 is 11.1 Å². The summed E-state index contributed by atoms with van der Waals surface area (Å²) in [5, 5.41) is 13.0. The highest BCUT2D eigenvalue weighted by atomic mass is 16.2. The van der Waals surface area contributed by atoms with Crippen molar-refractivity contribution < 1.29 is 4.79 Å². The smallest absolute Gasteiger partial charge is 0.254 e. The maximum absolute atomic E-state index is 13.0. The number of H-pyrrole nitrogens is 1. The number of hydrogen-bond donors (Lipinski definition) is 4. The molecule has 0 bridgehead atoms. The van der Waals surface area contributed by atoms with Crippen LogP contribution >= 0.6 is 0 Å². The zero-order valence-corrected chi connectivity index (χ0v) is 17.6. The Kier molecular flexibility index (Phi) is 4.99. The summed E-state index contributed by atoms with van der Waals surface area (Å²) < 4.78 is 0. The van der Waals surface area contributed by atoms with Gasteiger partial charge in [0.05, 0.1) is 11.4 Å². The van der Waals surface area contributed by atoms with E-state index >= 15 is 0 Å². The number of carbonyl (C=O) groups is 1. The first-order valence-electron chi connectivity index (χ1n) is 10.5. The van der Waals surface area contributed by atoms with Gasteiger partial charge in [0, 0.05) is 47.8 Å². The fraction of sp³-hybridized carbons (Fsp3) is 0.478. The first kappa shape index (κ1) is 19.7. The van der Waals surface area contributed by atoms with Crippen LogP contribution in [0.15, 0.2) is 35.5 Å². The Labute approximate surface area is 172 Å². The van der Waals surface area contributed by atoms with Crippen LogP contribution in [0.2, 0.25) is 0 Å². The molecular formula is C23H31N5O. The molecular weight excluding hydrogens is 362 g/mol. The summed E-state index contributed by atoms with van der Waals surface area (Å²) in [6.45, 7) is 8.89. The first-order chi connectivity index (χ1) is 13.7. The Morgan fingerprint density at radius 1 is 1.31 bits per heavy atom. The van der Waals surface area contributed by atoms with Crippen molar-refractivity contribution in [1.29, 1.82) is 5.41 Å². The van der Waals surface area contributed by atoms with Gasteiger partial charge in [-0.1, -0.05) is 19.9 Å². The maximum Gasteiger partial charge on any atom is 0.254 e. The lowest BCUT2D eigenvalue weighted by atomic mass is 9.75. The number of aromatic nitrogens is 1. The fourth-order valence-corrected chi connectivity index (χ4v) is 4.49. The molecule has 6 heteroatoms. The molecule has 1 atom stereocenters. The van der Waals surface area contributed by atoms with Gasteiger partial charge in [0.15, 0.2) is 0 Å². The minimum Gasteiger partial charge on any atom is -0.402 e. The summed E-state index contributed by atoms with van der Waals surface area (Å²) in [5.41, 5.74) is 11.1. The quantitative estimate of drug-likeness (QED) is 0.602. The van der Waals surface area contributed by atoms with E-state index in [1.54, 1.807) is 0 Å². The molecule has 0 saturated carbocycles. The van der Waals surface area contributed by atoms with Gasteiger partial charge in [0.1, 0.15) is 0 Å². The normalized spacial score (nSPS) is 22.2. The van der Waals surface area contributed by atoms with Crippen molar-refractivity contribution in [2.75, 3.05) is 19.6 Å². The number of amides is 1. The van der Waals surface area contributed by atoms with Gasteiger partial charge in [-0.15, -0.1) is 0 Å². The highest BCUT2D eigenvalue weighted by Crippen LogP contribution is 2.37. The molecule has 1 aromatic carbocycles. The Bertz CT molecular complexity index is 1000. The number of allylic oxidation sites excluding steroid dienone is 2. The van der Waals surface area contributed by atoms with Crippen molar-refractivity contribution in [3.63, 3.8) is 0 Å². The number of benzene rings is 1. The van der Waals surface area contributed by atoms with Crippen LogP contribution in [0.1, 0.15) is 56.1 Å². The van der Waals surface area contributed by atoms with Crippen molar-refractivity contribution in [2.24, 2.45) is 11.1 Å². The fourth-order valence-electron chi connectivity index (χ4n) is 4.49. The number of piperazine rings is 1. The van der Waals surface area contributed by atoms with E-state index in [-0.39, 0.29) is 17.4 Å². The van der Waals surface area contributed by atoms with E-state index in [1.165, 1.54) is 0 Å². The minimum atomic E-state index is 0.0635. The van der Waals surface area contributed by atoms with Crippen LogP contribution in [0.25, 0.3) is 10.9 Å². The second kappa shape index (κ2) is 7.34. The number of hydrogen-bond acceptors (Lipinski definition) is 4. The third-order valence-corrected chi connectivity index (χ3v) is 6.31. The van der Waals surface area contributed by atoms with E-state index in [4.69, 9.17) is 11.1 Å². The second-order valence-corrected chi connectivity index (χ2v) is 9.26. The molecule has 0 radical (unpaired) electrons. The van der Waals surface area contributed by atoms with Gasteiger partial charge < -0.3 is 20.9 Å². The van der Waals surface area contributed by atoms with E-state index in [1.807, 2.05) is 29.2 Å². The average Bonchev–Trinajstić information content (AvgIpc) is 3.10. The number of carbonyl (C=O) groups excluding carboxylic acids is 1. The largest absolute Gasteiger partial charge is 0.402 e. The summed E-state index contributed by atoms with van der Waals surface area (Å²) in [6, 6.07) is 7.93. The van der Waals surface area contributed by atoms with Crippen LogP contribution in [0.3, 0.4) is 0 Å². The van der Waals surface area contributed by atoms with Gasteiger partial charge in [-0.2, -0.15) is 0 Å². The summed E-state index contributed by atoms with van der Waals surface area (Å²) in [6.07, 6.45) is 2.69. The van der Waals surface area contributed by atoms with Gasteiger partial charge in [-0.05, 0) is 55.4 Å². The lowest BCUT2D eigenvalue weighted by Gasteiger charge is -2.34. The SMILES string of the molecule is C[C@@H]1CNCCN1C(=O)c1ccc2cc(C(=N)C3=C(N)CC(C)(C)CC3)[nH]c2c1. The Morgan fingerprint density at radius 3 is 2.83 bits per heavy atom. The number of aromatic amines is 1. The summed E-state index contributed by atoms with van der Waals surface area (Å²) in [4.78, 5) is 18.2. The van der Waals surface area contributed by atoms with Gasteiger partial charge in [0.2, 0.25) is 0 Å². The Morgan fingerprint density at radius 2 is 2.10 bits per heavy atom. The monoisotopic (exact) mass is 393 g/mol. The average molecular weight is 394 g/mol. The second-order valence-electron chi connectivity index (χ2n) is 9.26. The lowest BCUT2D eigenvalue weighted by Crippen LogP contribution is -2.52. The number of nitrogens with zero attached hydrogens (tertiary/aromatic N) is 1. The predicted molar refractivity (Wildman–Crippen MR) is 117 cm³/mol. The van der Waals surface area contributed by atoms with Gasteiger partial charge in [0.25, 0.3) is 5.91 Å². The van der Waals surface area contributed by atoms with Crippen molar-refractivity contribution in [2.45, 2.75) is 46.1 Å². The van der Waals surface area contributed by atoms with Crippen LogP contribution in [-0.2, 0) is 0 Å². The molecule has 1 aromatic heterocycles. The molecule has 5 N–H and O–H groups in total. The molecule has 0 unspecified atom stereocenters. The van der Waals surface area contributed by atoms with Crippen LogP contribution in [0.4, 0.5) is 0 Å². The third-order valence-electron chi connectivity index (χ3n) is 6.31. The van der Waals surface area contributed by atoms with Gasteiger partial charge in [-0.25, -0.2) is 0 Å². The highest BCUT2D eigenvalue weighted by molar-refractivity contribution is 6.12. The van der Waals surface area contributed by atoms with Crippen LogP contribution in [0.5, 0.6) is 0 Å². The van der Waals surface area contributed by atoms with E-state index in [0.717, 1.165) is 66.8 Å². The van der Waals surface area contributed by atoms with E-state index in [2.05, 4.69) is 31.1 Å². The molecule has 154 valence electrons. The molecule has 1 saturated heterocycles. The number of nitrogens with two attached hydrogens (primary N) is 1. The van der Waals surface area contributed by atoms with E-state index in [9.17, 15) is 4.79 Å². The minimum absolute atomic E-state index is 0.0635. The summed E-state index contributed by atoms with van der Waals surface area (Å²) >= 11 is 0. The van der Waals surface area contributed by atoms with Crippen molar-refractivity contribution in [3.05, 3.63) is 46.8 Å². The Balaban J connectivity index is 1.60. The molecule has 1 fully saturated rings. The maximum atomic E-state index is 13.0. The highest BCUT2D eigenvalue weighted by Gasteiger charge is 2.28. The summed E-state index contributed by atoms with van der Waals surface area (Å²) in [7, 11) is 0. The topological polar surface area (TPSA) is 98.0 Å². The lowest BCUT2D eigenvalue weighted by molar-refractivity contribution is 0.0656. The standard InChI is InChI=1S/C23H31N5O/c1-14-13-26-8-9-28(14)22(29)16-5-4-15-10-20(27-19(15)11-16)21(25)17-6-7-23(2,3)12-18(17)24/h4-5,10-11,14,25-27H,6-9,12-13,24H2,1-3H3/t14-/m1/s1. The van der Waals surface area contributed by atoms with Crippen LogP contribution in [0, 0.1) is 10.8 Å².